The second-order valence-electron chi connectivity index (χ2n) is 4.48. The van der Waals surface area contributed by atoms with Crippen LogP contribution in [0.5, 0.6) is 0 Å². The lowest BCUT2D eigenvalue weighted by Crippen LogP contribution is -2.25. The summed E-state index contributed by atoms with van der Waals surface area (Å²) in [6, 6.07) is 5.67. The van der Waals surface area contributed by atoms with Crippen LogP contribution in [-0.2, 0) is 0 Å². The van der Waals surface area contributed by atoms with Gasteiger partial charge in [0.15, 0.2) is 0 Å². The number of aryl methyl sites for hydroxylation is 1. The first-order valence-corrected chi connectivity index (χ1v) is 7.13. The second kappa shape index (κ2) is 6.41. The largest absolute Gasteiger partial charge is 0.305 e. The minimum absolute atomic E-state index is 0.0154. The van der Waals surface area contributed by atoms with E-state index < -0.39 is 17.7 Å². The minimum Gasteiger partial charge on any atom is -0.305 e. The van der Waals surface area contributed by atoms with Gasteiger partial charge in [0.2, 0.25) is 0 Å². The zero-order valence-electron chi connectivity index (χ0n) is 11.3. The quantitative estimate of drug-likeness (QED) is 0.905. The first kappa shape index (κ1) is 15.1. The first-order valence-electron chi connectivity index (χ1n) is 6.34. The average molecular weight is 341 g/mol. The van der Waals surface area contributed by atoms with Crippen molar-refractivity contribution in [2.24, 2.45) is 0 Å². The Morgan fingerprint density at radius 1 is 1.25 bits per heavy atom. The van der Waals surface area contributed by atoms with Crippen LogP contribution in [0, 0.1) is 18.6 Å². The molecule has 0 aliphatic heterocycles. The third-order valence-corrected chi connectivity index (χ3v) is 3.53. The summed E-state index contributed by atoms with van der Waals surface area (Å²) in [5.74, 6) is -1.09. The van der Waals surface area contributed by atoms with E-state index in [1.165, 1.54) is 12.1 Å². The molecular formula is C15H15BrF2N2. The molecule has 2 aromatic rings. The predicted molar refractivity (Wildman–Crippen MR) is 78.6 cm³/mol. The maximum atomic E-state index is 14.3. The van der Waals surface area contributed by atoms with Gasteiger partial charge in [0.25, 0.3) is 0 Å². The maximum Gasteiger partial charge on any atom is 0.134 e. The summed E-state index contributed by atoms with van der Waals surface area (Å²) in [6.45, 7) is 4.09. The van der Waals surface area contributed by atoms with Crippen LogP contribution in [0.3, 0.4) is 0 Å². The number of hydrogen-bond acceptors (Lipinski definition) is 2. The van der Waals surface area contributed by atoms with Gasteiger partial charge in [-0.2, -0.15) is 0 Å². The van der Waals surface area contributed by atoms with Crippen LogP contribution in [0.15, 0.2) is 34.9 Å². The Kier molecular flexibility index (Phi) is 4.83. The van der Waals surface area contributed by atoms with Gasteiger partial charge in [-0.15, -0.1) is 0 Å². The number of hydrogen-bond donors (Lipinski definition) is 1. The molecule has 0 fully saturated rings. The summed E-state index contributed by atoms with van der Waals surface area (Å²) in [5.41, 5.74) is 1.02. The highest BCUT2D eigenvalue weighted by molar-refractivity contribution is 9.10. The molecule has 1 N–H and O–H groups in total. The molecule has 0 saturated carbocycles. The fourth-order valence-corrected chi connectivity index (χ4v) is 2.29. The molecule has 1 atom stereocenters. The second-order valence-corrected chi connectivity index (χ2v) is 5.40. The van der Waals surface area contributed by atoms with Crippen LogP contribution in [0.2, 0.25) is 0 Å². The molecule has 0 saturated heterocycles. The number of nitrogens with one attached hydrogen (secondary N) is 1. The molecule has 0 aliphatic rings. The van der Waals surface area contributed by atoms with Crippen molar-refractivity contribution in [1.29, 1.82) is 0 Å². The van der Waals surface area contributed by atoms with Crippen LogP contribution in [0.4, 0.5) is 8.78 Å². The Morgan fingerprint density at radius 2 is 2.00 bits per heavy atom. The normalized spacial score (nSPS) is 12.4. The zero-order valence-corrected chi connectivity index (χ0v) is 12.8. The van der Waals surface area contributed by atoms with Gasteiger partial charge in [-0.05, 0) is 53.2 Å². The van der Waals surface area contributed by atoms with Crippen molar-refractivity contribution in [3.63, 3.8) is 0 Å². The molecule has 0 aliphatic carbocycles. The molecule has 1 aromatic carbocycles. The summed E-state index contributed by atoms with van der Waals surface area (Å²) in [6.07, 6.45) is 1.62. The molecule has 0 bridgehead atoms. The van der Waals surface area contributed by atoms with Crippen molar-refractivity contribution in [3.05, 3.63) is 63.4 Å². The molecule has 2 rings (SSSR count). The molecule has 0 amide bonds. The molecule has 1 aromatic heterocycles. The zero-order chi connectivity index (χ0) is 14.7. The number of pyridine rings is 1. The van der Waals surface area contributed by atoms with E-state index >= 15 is 0 Å². The molecular weight excluding hydrogens is 326 g/mol. The monoisotopic (exact) mass is 340 g/mol. The third-order valence-electron chi connectivity index (χ3n) is 3.06. The lowest BCUT2D eigenvalue weighted by molar-refractivity contribution is 0.501. The Bertz CT molecular complexity index is 600. The number of benzene rings is 1. The maximum absolute atomic E-state index is 14.3. The van der Waals surface area contributed by atoms with E-state index in [0.29, 0.717) is 17.8 Å². The first-order chi connectivity index (χ1) is 9.54. The van der Waals surface area contributed by atoms with Gasteiger partial charge in [0, 0.05) is 16.2 Å². The number of halogens is 3. The molecule has 0 radical (unpaired) electrons. The molecule has 106 valence electrons. The van der Waals surface area contributed by atoms with E-state index in [-0.39, 0.29) is 5.56 Å². The lowest BCUT2D eigenvalue weighted by atomic mass is 9.99. The van der Waals surface area contributed by atoms with Gasteiger partial charge in [-0.25, -0.2) is 8.78 Å². The summed E-state index contributed by atoms with van der Waals surface area (Å²) < 4.78 is 29.2. The Labute approximate surface area is 125 Å². The molecule has 20 heavy (non-hydrogen) atoms. The van der Waals surface area contributed by atoms with Crippen LogP contribution in [0.1, 0.15) is 29.8 Å². The fourth-order valence-electron chi connectivity index (χ4n) is 2.06. The minimum atomic E-state index is -0.604. The van der Waals surface area contributed by atoms with Crippen molar-refractivity contribution in [3.8, 4) is 0 Å². The van der Waals surface area contributed by atoms with E-state index in [2.05, 4.69) is 26.2 Å². The lowest BCUT2D eigenvalue weighted by Gasteiger charge is -2.20. The average Bonchev–Trinajstić information content (AvgIpc) is 2.43. The molecule has 5 heteroatoms. The van der Waals surface area contributed by atoms with Gasteiger partial charge >= 0.3 is 0 Å². The smallest absolute Gasteiger partial charge is 0.134 e. The molecule has 2 nitrogen and oxygen atoms in total. The highest BCUT2D eigenvalue weighted by atomic mass is 79.9. The van der Waals surface area contributed by atoms with Crippen molar-refractivity contribution in [2.75, 3.05) is 6.54 Å². The van der Waals surface area contributed by atoms with Crippen molar-refractivity contribution in [1.82, 2.24) is 10.3 Å². The van der Waals surface area contributed by atoms with E-state index in [1.54, 1.807) is 25.3 Å². The Balaban J connectivity index is 2.54. The summed E-state index contributed by atoms with van der Waals surface area (Å²) in [5, 5.41) is 3.09. The number of aromatic nitrogens is 1. The van der Waals surface area contributed by atoms with Crippen LogP contribution >= 0.6 is 15.9 Å². The standard InChI is InChI=1S/C15H15BrF2N2/c1-3-19-15(12-7-5-10(16)8-20-12)13-11(17)6-4-9(2)14(13)18/h4-8,15,19H,3H2,1-2H3. The van der Waals surface area contributed by atoms with Crippen LogP contribution < -0.4 is 5.32 Å². The summed E-state index contributed by atoms with van der Waals surface area (Å²) in [7, 11) is 0. The SMILES string of the molecule is CCNC(c1ccc(Br)cn1)c1c(F)ccc(C)c1F. The van der Waals surface area contributed by atoms with E-state index in [4.69, 9.17) is 0 Å². The Morgan fingerprint density at radius 3 is 2.60 bits per heavy atom. The number of nitrogens with zero attached hydrogens (tertiary/aromatic N) is 1. The van der Waals surface area contributed by atoms with Gasteiger partial charge < -0.3 is 5.32 Å². The third kappa shape index (κ3) is 3.04. The van der Waals surface area contributed by atoms with Gasteiger partial charge in [-0.3, -0.25) is 4.98 Å². The van der Waals surface area contributed by atoms with E-state index in [1.807, 2.05) is 6.92 Å². The van der Waals surface area contributed by atoms with Gasteiger partial charge in [0.05, 0.1) is 11.7 Å². The topological polar surface area (TPSA) is 24.9 Å². The van der Waals surface area contributed by atoms with Crippen molar-refractivity contribution in [2.45, 2.75) is 19.9 Å². The highest BCUT2D eigenvalue weighted by Crippen LogP contribution is 2.28. The van der Waals surface area contributed by atoms with Crippen LogP contribution in [-0.4, -0.2) is 11.5 Å². The van der Waals surface area contributed by atoms with Crippen LogP contribution in [0.25, 0.3) is 0 Å². The Hall–Kier alpha value is -1.33. The van der Waals surface area contributed by atoms with Crippen molar-refractivity contribution >= 4 is 15.9 Å². The molecule has 0 spiro atoms. The molecule has 1 unspecified atom stereocenters. The van der Waals surface area contributed by atoms with E-state index in [0.717, 1.165) is 4.47 Å². The highest BCUT2D eigenvalue weighted by Gasteiger charge is 2.23. The summed E-state index contributed by atoms with van der Waals surface area (Å²) in [4.78, 5) is 4.24. The number of rotatable bonds is 4. The van der Waals surface area contributed by atoms with Gasteiger partial charge in [-0.1, -0.05) is 13.0 Å². The van der Waals surface area contributed by atoms with Gasteiger partial charge in [0.1, 0.15) is 11.6 Å². The summed E-state index contributed by atoms with van der Waals surface area (Å²) >= 11 is 3.30. The van der Waals surface area contributed by atoms with E-state index in [9.17, 15) is 8.78 Å². The predicted octanol–water partition coefficient (Wildman–Crippen LogP) is 4.13. The fraction of sp³-hybridized carbons (Fsp3) is 0.267. The molecule has 1 heterocycles. The van der Waals surface area contributed by atoms with Crippen molar-refractivity contribution < 1.29 is 8.78 Å².